The molecule has 7 nitrogen and oxygen atoms in total. The topological polar surface area (TPSA) is 76.3 Å². The van der Waals surface area contributed by atoms with Crippen LogP contribution in [0.2, 0.25) is 0 Å². The molecule has 0 unspecified atom stereocenters. The first-order chi connectivity index (χ1) is 14.6. The Morgan fingerprint density at radius 2 is 1.94 bits per heavy atom. The van der Waals surface area contributed by atoms with Crippen molar-refractivity contribution in [3.8, 4) is 0 Å². The number of halogens is 3. The van der Waals surface area contributed by atoms with Crippen molar-refractivity contribution in [3.05, 3.63) is 52.5 Å². The number of alkyl halides is 3. The maximum absolute atomic E-state index is 13.7. The van der Waals surface area contributed by atoms with E-state index in [1.54, 1.807) is 38.7 Å². The number of amides is 1. The van der Waals surface area contributed by atoms with Crippen LogP contribution in [-0.4, -0.2) is 41.9 Å². The van der Waals surface area contributed by atoms with Gasteiger partial charge in [-0.15, -0.1) is 0 Å². The Hall–Kier alpha value is -3.04. The lowest BCUT2D eigenvalue weighted by molar-refractivity contribution is -0.142. The lowest BCUT2D eigenvalue weighted by Gasteiger charge is -2.23. The fraction of sp³-hybridized carbons (Fsp3) is 0.476. The van der Waals surface area contributed by atoms with E-state index in [0.717, 1.165) is 17.0 Å². The third-order valence-electron chi connectivity index (χ3n) is 5.53. The number of carbonyl (C=O) groups excluding carboxylic acids is 1. The van der Waals surface area contributed by atoms with Crippen molar-refractivity contribution in [1.82, 2.24) is 29.5 Å². The molecule has 0 aromatic carbocycles. The quantitative estimate of drug-likeness (QED) is 0.618. The average Bonchev–Trinajstić information content (AvgIpc) is 3.32. The minimum atomic E-state index is -4.57. The highest BCUT2D eigenvalue weighted by Gasteiger charge is 2.37. The SMILES string of the molecule is Cc1ncc(C(=O)N2CCC[C@H]2c2cc3nc(C(C)C)cc(C(F)(F)F)n3n2)c(C)n1. The van der Waals surface area contributed by atoms with E-state index in [0.29, 0.717) is 41.4 Å². The molecule has 0 bridgehead atoms. The summed E-state index contributed by atoms with van der Waals surface area (Å²) < 4.78 is 41.9. The number of carbonyl (C=O) groups is 1. The van der Waals surface area contributed by atoms with Crippen LogP contribution in [0, 0.1) is 13.8 Å². The van der Waals surface area contributed by atoms with Gasteiger partial charge in [0.05, 0.1) is 23.0 Å². The van der Waals surface area contributed by atoms with E-state index in [1.165, 1.54) is 6.20 Å². The summed E-state index contributed by atoms with van der Waals surface area (Å²) in [7, 11) is 0. The number of fused-ring (bicyclic) bond motifs is 1. The first kappa shape index (κ1) is 21.2. The van der Waals surface area contributed by atoms with E-state index in [-0.39, 0.29) is 17.5 Å². The summed E-state index contributed by atoms with van der Waals surface area (Å²) in [5, 5.41) is 4.23. The molecule has 164 valence electrons. The molecule has 1 atom stereocenters. The van der Waals surface area contributed by atoms with Crippen molar-refractivity contribution in [1.29, 1.82) is 0 Å². The Balaban J connectivity index is 1.76. The van der Waals surface area contributed by atoms with E-state index < -0.39 is 17.9 Å². The van der Waals surface area contributed by atoms with Crippen LogP contribution in [-0.2, 0) is 6.18 Å². The van der Waals surface area contributed by atoms with Crippen molar-refractivity contribution < 1.29 is 18.0 Å². The van der Waals surface area contributed by atoms with Crippen LogP contribution in [0.25, 0.3) is 5.65 Å². The Bertz CT molecular complexity index is 1150. The molecular weight excluding hydrogens is 409 g/mol. The van der Waals surface area contributed by atoms with Crippen LogP contribution in [0.15, 0.2) is 18.3 Å². The maximum atomic E-state index is 13.7. The summed E-state index contributed by atoms with van der Waals surface area (Å²) in [5.41, 5.74) is 0.959. The molecule has 3 aromatic rings. The van der Waals surface area contributed by atoms with Gasteiger partial charge in [-0.3, -0.25) is 4.79 Å². The minimum Gasteiger partial charge on any atom is -0.330 e. The van der Waals surface area contributed by atoms with Gasteiger partial charge in [0.1, 0.15) is 11.5 Å². The summed E-state index contributed by atoms with van der Waals surface area (Å²) in [6, 6.07) is 2.16. The predicted octanol–water partition coefficient (Wildman–Crippen LogP) is 4.26. The monoisotopic (exact) mass is 432 g/mol. The Morgan fingerprint density at radius 1 is 1.19 bits per heavy atom. The van der Waals surface area contributed by atoms with E-state index in [4.69, 9.17) is 0 Å². The standard InChI is InChI=1S/C21H23F3N6O/c1-11(2)15-8-18(21(22,23)24)30-19(27-15)9-16(28-30)17-6-5-7-29(17)20(31)14-10-25-13(4)26-12(14)3/h8-11,17H,5-7H2,1-4H3/t17-/m0/s1. The van der Waals surface area contributed by atoms with Gasteiger partial charge in [-0.05, 0) is 38.7 Å². The van der Waals surface area contributed by atoms with Gasteiger partial charge in [-0.1, -0.05) is 13.8 Å². The number of aryl methyl sites for hydroxylation is 2. The molecule has 3 aromatic heterocycles. The second-order valence-electron chi connectivity index (χ2n) is 8.13. The van der Waals surface area contributed by atoms with Crippen molar-refractivity contribution in [2.24, 2.45) is 0 Å². The number of likely N-dealkylation sites (tertiary alicyclic amines) is 1. The van der Waals surface area contributed by atoms with Crippen molar-refractivity contribution in [2.45, 2.75) is 58.7 Å². The molecule has 1 aliphatic rings. The van der Waals surface area contributed by atoms with Crippen molar-refractivity contribution in [3.63, 3.8) is 0 Å². The molecule has 1 aliphatic heterocycles. The van der Waals surface area contributed by atoms with Crippen LogP contribution in [0.4, 0.5) is 13.2 Å². The fourth-order valence-electron chi connectivity index (χ4n) is 3.94. The molecule has 10 heteroatoms. The normalized spacial score (nSPS) is 17.2. The largest absolute Gasteiger partial charge is 0.433 e. The maximum Gasteiger partial charge on any atom is 0.433 e. The molecule has 0 spiro atoms. The summed E-state index contributed by atoms with van der Waals surface area (Å²) in [6.07, 6.45) is -1.74. The van der Waals surface area contributed by atoms with Gasteiger partial charge in [0, 0.05) is 24.5 Å². The molecule has 0 aliphatic carbocycles. The third-order valence-corrected chi connectivity index (χ3v) is 5.53. The summed E-state index contributed by atoms with van der Waals surface area (Å²) in [5.74, 6) is 0.154. The highest BCUT2D eigenvalue weighted by atomic mass is 19.4. The lowest BCUT2D eigenvalue weighted by atomic mass is 10.1. The smallest absolute Gasteiger partial charge is 0.330 e. The predicted molar refractivity (Wildman–Crippen MR) is 107 cm³/mol. The highest BCUT2D eigenvalue weighted by molar-refractivity contribution is 5.95. The first-order valence-electron chi connectivity index (χ1n) is 10.1. The van der Waals surface area contributed by atoms with Crippen LogP contribution >= 0.6 is 0 Å². The summed E-state index contributed by atoms with van der Waals surface area (Å²) >= 11 is 0. The molecule has 4 rings (SSSR count). The van der Waals surface area contributed by atoms with E-state index in [2.05, 4.69) is 20.1 Å². The van der Waals surface area contributed by atoms with Crippen molar-refractivity contribution in [2.75, 3.05) is 6.54 Å². The zero-order chi connectivity index (χ0) is 22.5. The first-order valence-corrected chi connectivity index (χ1v) is 10.1. The zero-order valence-corrected chi connectivity index (χ0v) is 17.7. The van der Waals surface area contributed by atoms with Gasteiger partial charge < -0.3 is 4.90 Å². The molecular formula is C21H23F3N6O. The van der Waals surface area contributed by atoms with Gasteiger partial charge in [-0.2, -0.15) is 18.3 Å². The van der Waals surface area contributed by atoms with Crippen LogP contribution in [0.1, 0.15) is 77.6 Å². The zero-order valence-electron chi connectivity index (χ0n) is 17.7. The molecule has 4 heterocycles. The number of hydrogen-bond acceptors (Lipinski definition) is 5. The highest BCUT2D eigenvalue weighted by Crippen LogP contribution is 2.35. The van der Waals surface area contributed by atoms with Gasteiger partial charge in [0.25, 0.3) is 5.91 Å². The van der Waals surface area contributed by atoms with Crippen LogP contribution in [0.5, 0.6) is 0 Å². The molecule has 0 saturated carbocycles. The second-order valence-corrected chi connectivity index (χ2v) is 8.13. The van der Waals surface area contributed by atoms with E-state index in [9.17, 15) is 18.0 Å². The molecule has 1 fully saturated rings. The van der Waals surface area contributed by atoms with E-state index in [1.807, 2.05) is 0 Å². The van der Waals surface area contributed by atoms with Gasteiger partial charge in [0.15, 0.2) is 5.65 Å². The Kier molecular flexibility index (Phi) is 5.18. The van der Waals surface area contributed by atoms with Gasteiger partial charge >= 0.3 is 6.18 Å². The minimum absolute atomic E-state index is 0.127. The molecule has 0 N–H and O–H groups in total. The second kappa shape index (κ2) is 7.58. The molecule has 1 saturated heterocycles. The molecule has 1 amide bonds. The van der Waals surface area contributed by atoms with E-state index >= 15 is 0 Å². The third kappa shape index (κ3) is 3.86. The summed E-state index contributed by atoms with van der Waals surface area (Å²) in [6.45, 7) is 7.55. The van der Waals surface area contributed by atoms with Crippen molar-refractivity contribution >= 4 is 11.6 Å². The van der Waals surface area contributed by atoms with Crippen LogP contribution < -0.4 is 0 Å². The van der Waals surface area contributed by atoms with Gasteiger partial charge in [0.2, 0.25) is 0 Å². The Morgan fingerprint density at radius 3 is 2.58 bits per heavy atom. The lowest BCUT2D eigenvalue weighted by Crippen LogP contribution is -2.31. The number of rotatable bonds is 3. The fourth-order valence-corrected chi connectivity index (χ4v) is 3.94. The number of nitrogens with zero attached hydrogens (tertiary/aromatic N) is 6. The number of hydrogen-bond donors (Lipinski definition) is 0. The Labute approximate surface area is 177 Å². The van der Waals surface area contributed by atoms with Gasteiger partial charge in [-0.25, -0.2) is 19.5 Å². The molecule has 31 heavy (non-hydrogen) atoms. The van der Waals surface area contributed by atoms with Crippen LogP contribution in [0.3, 0.4) is 0 Å². The average molecular weight is 432 g/mol. The number of aromatic nitrogens is 5. The molecule has 0 radical (unpaired) electrons. The summed E-state index contributed by atoms with van der Waals surface area (Å²) in [4.78, 5) is 27.5.